The minimum absolute atomic E-state index is 0.0882. The second kappa shape index (κ2) is 8.34. The van der Waals surface area contributed by atoms with E-state index < -0.39 is 21.4 Å². The van der Waals surface area contributed by atoms with Crippen LogP contribution in [-0.2, 0) is 10.0 Å². The van der Waals surface area contributed by atoms with E-state index in [9.17, 15) is 18.0 Å². The summed E-state index contributed by atoms with van der Waals surface area (Å²) in [6, 6.07) is 23.3. The Kier molecular flexibility index (Phi) is 5.35. The Balaban J connectivity index is 1.53. The first-order chi connectivity index (χ1) is 15.9. The van der Waals surface area contributed by atoms with Gasteiger partial charge in [0.2, 0.25) is 0 Å². The van der Waals surface area contributed by atoms with E-state index in [1.807, 2.05) is 0 Å². The largest absolute Gasteiger partial charge is 0.422 e. The fourth-order valence-electron chi connectivity index (χ4n) is 3.47. The van der Waals surface area contributed by atoms with Crippen molar-refractivity contribution in [2.75, 3.05) is 5.75 Å². The highest BCUT2D eigenvalue weighted by Crippen LogP contribution is 2.29. The van der Waals surface area contributed by atoms with Gasteiger partial charge in [0.25, 0.3) is 10.0 Å². The first kappa shape index (κ1) is 21.2. The van der Waals surface area contributed by atoms with Gasteiger partial charge in [-0.25, -0.2) is 22.2 Å². The number of ketones is 1. The molecule has 9 heteroatoms. The molecule has 0 saturated heterocycles. The molecule has 5 aromatic rings. The van der Waals surface area contributed by atoms with Crippen molar-refractivity contribution in [3.8, 4) is 0 Å². The number of benzene rings is 3. The number of hydrogen-bond acceptors (Lipinski definition) is 7. The van der Waals surface area contributed by atoms with Crippen LogP contribution in [0.5, 0.6) is 0 Å². The first-order valence-electron chi connectivity index (χ1n) is 9.92. The van der Waals surface area contributed by atoms with Gasteiger partial charge in [-0.05, 0) is 36.4 Å². The third-order valence-corrected chi connectivity index (χ3v) is 7.82. The summed E-state index contributed by atoms with van der Waals surface area (Å²) in [5.41, 5.74) is 0.459. The number of nitrogens with zero attached hydrogens (tertiary/aromatic N) is 2. The SMILES string of the molecule is O=C(CSc1nc2ccccc2n1S(=O)(=O)c1ccccc1)c1cc2ccccc2oc1=O. The van der Waals surface area contributed by atoms with Crippen LogP contribution in [0.4, 0.5) is 0 Å². The van der Waals surface area contributed by atoms with Crippen molar-refractivity contribution in [3.05, 3.63) is 101 Å². The molecule has 0 aliphatic rings. The zero-order chi connectivity index (χ0) is 23.0. The van der Waals surface area contributed by atoms with E-state index in [-0.39, 0.29) is 21.4 Å². The number of aromatic nitrogens is 2. The van der Waals surface area contributed by atoms with E-state index in [2.05, 4.69) is 4.98 Å². The van der Waals surface area contributed by atoms with Crippen LogP contribution in [0.2, 0.25) is 0 Å². The predicted octanol–water partition coefficient (Wildman–Crippen LogP) is 4.35. The molecule has 0 unspecified atom stereocenters. The number of para-hydroxylation sites is 3. The molecule has 164 valence electrons. The maximum absolute atomic E-state index is 13.4. The fourth-order valence-corrected chi connectivity index (χ4v) is 6.09. The molecule has 0 atom stereocenters. The minimum Gasteiger partial charge on any atom is -0.422 e. The second-order valence-corrected chi connectivity index (χ2v) is 9.89. The monoisotopic (exact) mass is 476 g/mol. The second-order valence-electron chi connectivity index (χ2n) is 7.16. The number of thioether (sulfide) groups is 1. The van der Waals surface area contributed by atoms with Gasteiger partial charge in [0.15, 0.2) is 10.9 Å². The molecule has 0 bridgehead atoms. The summed E-state index contributed by atoms with van der Waals surface area (Å²) < 4.78 is 33.2. The number of fused-ring (bicyclic) bond motifs is 2. The molecular formula is C24H16N2O5S2. The standard InChI is InChI=1S/C24H16N2O5S2/c27-21(18-14-16-8-4-7-13-22(16)31-23(18)28)15-32-24-25-19-11-5-6-12-20(19)26(24)33(29,30)17-9-2-1-3-10-17/h1-14H,15H2. The molecule has 0 spiro atoms. The molecule has 0 radical (unpaired) electrons. The molecule has 3 aromatic carbocycles. The van der Waals surface area contributed by atoms with Gasteiger partial charge in [-0.15, -0.1) is 0 Å². The fraction of sp³-hybridized carbons (Fsp3) is 0.0417. The van der Waals surface area contributed by atoms with Crippen molar-refractivity contribution >= 4 is 49.6 Å². The minimum atomic E-state index is -3.96. The van der Waals surface area contributed by atoms with Crippen LogP contribution in [0.3, 0.4) is 0 Å². The maximum atomic E-state index is 13.4. The number of hydrogen-bond donors (Lipinski definition) is 0. The Hall–Kier alpha value is -3.69. The number of carbonyl (C=O) groups excluding carboxylic acids is 1. The average Bonchev–Trinajstić information content (AvgIpc) is 3.22. The summed E-state index contributed by atoms with van der Waals surface area (Å²) in [5.74, 6) is -0.660. The highest BCUT2D eigenvalue weighted by atomic mass is 32.2. The van der Waals surface area contributed by atoms with E-state index in [0.29, 0.717) is 22.0 Å². The summed E-state index contributed by atoms with van der Waals surface area (Å²) in [4.78, 5) is 29.7. The zero-order valence-corrected chi connectivity index (χ0v) is 18.7. The third kappa shape index (κ3) is 3.85. The van der Waals surface area contributed by atoms with E-state index in [1.54, 1.807) is 66.7 Å². The van der Waals surface area contributed by atoms with Gasteiger partial charge in [0.05, 0.1) is 21.7 Å². The number of rotatable bonds is 6. The van der Waals surface area contributed by atoms with Crippen molar-refractivity contribution < 1.29 is 17.6 Å². The normalized spacial score (nSPS) is 11.8. The molecule has 0 aliphatic carbocycles. The van der Waals surface area contributed by atoms with E-state index >= 15 is 0 Å². The van der Waals surface area contributed by atoms with E-state index in [4.69, 9.17) is 4.42 Å². The van der Waals surface area contributed by atoms with E-state index in [0.717, 1.165) is 15.7 Å². The molecule has 0 aliphatic heterocycles. The van der Waals surface area contributed by atoms with Crippen LogP contribution in [0, 0.1) is 0 Å². The van der Waals surface area contributed by atoms with Gasteiger partial charge < -0.3 is 4.42 Å². The lowest BCUT2D eigenvalue weighted by Gasteiger charge is -2.10. The van der Waals surface area contributed by atoms with Gasteiger partial charge in [-0.2, -0.15) is 0 Å². The maximum Gasteiger partial charge on any atom is 0.347 e. The van der Waals surface area contributed by atoms with Crippen molar-refractivity contribution in [3.63, 3.8) is 0 Å². The molecule has 5 rings (SSSR count). The molecule has 0 saturated carbocycles. The summed E-state index contributed by atoms with van der Waals surface area (Å²) >= 11 is 0.954. The molecule has 33 heavy (non-hydrogen) atoms. The van der Waals surface area contributed by atoms with Crippen LogP contribution in [-0.4, -0.2) is 28.9 Å². The van der Waals surface area contributed by atoms with Crippen LogP contribution in [0.25, 0.3) is 22.0 Å². The summed E-state index contributed by atoms with van der Waals surface area (Å²) in [5, 5.41) is 0.767. The van der Waals surface area contributed by atoms with Crippen LogP contribution >= 0.6 is 11.8 Å². The number of carbonyl (C=O) groups is 1. The van der Waals surface area contributed by atoms with Gasteiger partial charge in [0, 0.05) is 5.39 Å². The molecule has 7 nitrogen and oxygen atoms in total. The predicted molar refractivity (Wildman–Crippen MR) is 126 cm³/mol. The Morgan fingerprint density at radius 1 is 0.939 bits per heavy atom. The molecule has 0 amide bonds. The Morgan fingerprint density at radius 2 is 1.64 bits per heavy atom. The average molecular weight is 477 g/mol. The van der Waals surface area contributed by atoms with Crippen molar-refractivity contribution in [2.45, 2.75) is 10.1 Å². The molecule has 2 heterocycles. The molecular weight excluding hydrogens is 460 g/mol. The van der Waals surface area contributed by atoms with Crippen LogP contribution in [0.15, 0.2) is 104 Å². The quantitative estimate of drug-likeness (QED) is 0.204. The van der Waals surface area contributed by atoms with Gasteiger partial charge in [-0.1, -0.05) is 60.3 Å². The van der Waals surface area contributed by atoms with Crippen molar-refractivity contribution in [1.82, 2.24) is 8.96 Å². The van der Waals surface area contributed by atoms with Gasteiger partial charge in [0.1, 0.15) is 11.1 Å². The summed E-state index contributed by atoms with van der Waals surface area (Å²) in [7, 11) is -3.96. The Morgan fingerprint density at radius 3 is 2.45 bits per heavy atom. The molecule has 0 fully saturated rings. The Labute approximate surface area is 192 Å². The lowest BCUT2D eigenvalue weighted by molar-refractivity contribution is 0.101. The van der Waals surface area contributed by atoms with Gasteiger partial charge in [-0.3, -0.25) is 4.79 Å². The number of Topliss-reactive ketones (excluding diaryl/α,β-unsaturated/α-hetero) is 1. The van der Waals surface area contributed by atoms with Crippen LogP contribution in [0.1, 0.15) is 10.4 Å². The smallest absolute Gasteiger partial charge is 0.347 e. The highest BCUT2D eigenvalue weighted by molar-refractivity contribution is 8.00. The topological polar surface area (TPSA) is 99.2 Å². The number of imidazole rings is 1. The summed E-state index contributed by atoms with van der Waals surface area (Å²) in [6.45, 7) is 0. The first-order valence-corrected chi connectivity index (χ1v) is 12.3. The van der Waals surface area contributed by atoms with Crippen LogP contribution < -0.4 is 5.63 Å². The summed E-state index contributed by atoms with van der Waals surface area (Å²) in [6.07, 6.45) is 0. The van der Waals surface area contributed by atoms with Gasteiger partial charge >= 0.3 is 5.63 Å². The van der Waals surface area contributed by atoms with E-state index in [1.165, 1.54) is 18.2 Å². The lowest BCUT2D eigenvalue weighted by Crippen LogP contribution is -2.17. The third-order valence-electron chi connectivity index (χ3n) is 5.05. The van der Waals surface area contributed by atoms with Crippen molar-refractivity contribution in [2.24, 2.45) is 0 Å². The lowest BCUT2D eigenvalue weighted by atomic mass is 10.1. The molecule has 0 N–H and O–H groups in total. The highest BCUT2D eigenvalue weighted by Gasteiger charge is 2.25. The zero-order valence-electron chi connectivity index (χ0n) is 17.0. The Bertz CT molecular complexity index is 1670. The van der Waals surface area contributed by atoms with Crippen molar-refractivity contribution in [1.29, 1.82) is 0 Å². The molecule has 2 aromatic heterocycles.